The van der Waals surface area contributed by atoms with Crippen molar-refractivity contribution in [2.75, 3.05) is 6.54 Å². The number of nitrogens with one attached hydrogen (secondary N) is 1. The topological polar surface area (TPSA) is 21.3 Å². The number of ether oxygens (including phenoxy) is 1. The van der Waals surface area contributed by atoms with Crippen molar-refractivity contribution in [2.45, 2.75) is 95.8 Å². The van der Waals surface area contributed by atoms with E-state index < -0.39 is 0 Å². The van der Waals surface area contributed by atoms with Crippen molar-refractivity contribution in [1.29, 1.82) is 0 Å². The Labute approximate surface area is 113 Å². The number of rotatable bonds is 7. The van der Waals surface area contributed by atoms with Crippen LogP contribution in [0.25, 0.3) is 0 Å². The molecule has 1 saturated heterocycles. The van der Waals surface area contributed by atoms with E-state index in [0.29, 0.717) is 17.7 Å². The van der Waals surface area contributed by atoms with Crippen LogP contribution in [0.4, 0.5) is 0 Å². The minimum absolute atomic E-state index is 0.330. The number of hydrogen-bond acceptors (Lipinski definition) is 2. The molecule has 0 radical (unpaired) electrons. The quantitative estimate of drug-likeness (QED) is 0.739. The lowest BCUT2D eigenvalue weighted by atomic mass is 9.97. The van der Waals surface area contributed by atoms with E-state index in [1.165, 1.54) is 64.2 Å². The van der Waals surface area contributed by atoms with Gasteiger partial charge < -0.3 is 10.1 Å². The first-order valence-electron chi connectivity index (χ1n) is 8.15. The van der Waals surface area contributed by atoms with Gasteiger partial charge in [-0.2, -0.15) is 0 Å². The van der Waals surface area contributed by atoms with E-state index in [4.69, 9.17) is 4.74 Å². The minimum Gasteiger partial charge on any atom is -0.372 e. The van der Waals surface area contributed by atoms with Gasteiger partial charge in [-0.25, -0.2) is 0 Å². The average Bonchev–Trinajstić information content (AvgIpc) is 2.98. The summed E-state index contributed by atoms with van der Waals surface area (Å²) in [6.07, 6.45) is 13.8. The molecule has 2 rings (SSSR count). The number of hydrogen-bond donors (Lipinski definition) is 1. The second kappa shape index (κ2) is 6.91. The van der Waals surface area contributed by atoms with Crippen LogP contribution >= 0.6 is 0 Å². The summed E-state index contributed by atoms with van der Waals surface area (Å²) in [5, 5.41) is 3.57. The van der Waals surface area contributed by atoms with E-state index in [1.807, 2.05) is 0 Å². The Balaban J connectivity index is 1.57. The maximum absolute atomic E-state index is 6.35. The van der Waals surface area contributed by atoms with Gasteiger partial charge in [-0.1, -0.05) is 19.8 Å². The molecule has 106 valence electrons. The van der Waals surface area contributed by atoms with Crippen LogP contribution < -0.4 is 5.32 Å². The molecule has 0 aromatic heterocycles. The molecule has 18 heavy (non-hydrogen) atoms. The lowest BCUT2D eigenvalue weighted by Gasteiger charge is -2.24. The van der Waals surface area contributed by atoms with Crippen LogP contribution in [-0.2, 0) is 4.74 Å². The molecule has 2 heteroatoms. The predicted octanol–water partition coefficient (Wildman–Crippen LogP) is 4.04. The van der Waals surface area contributed by atoms with Gasteiger partial charge in [-0.15, -0.1) is 0 Å². The van der Waals surface area contributed by atoms with Gasteiger partial charge in [-0.3, -0.25) is 0 Å². The first-order valence-corrected chi connectivity index (χ1v) is 8.15. The van der Waals surface area contributed by atoms with Gasteiger partial charge in [0.2, 0.25) is 0 Å². The van der Waals surface area contributed by atoms with Crippen molar-refractivity contribution >= 4 is 0 Å². The average molecular weight is 253 g/mol. The van der Waals surface area contributed by atoms with Gasteiger partial charge in [-0.05, 0) is 64.8 Å². The Morgan fingerprint density at radius 3 is 2.78 bits per heavy atom. The Morgan fingerprint density at radius 2 is 2.06 bits per heavy atom. The van der Waals surface area contributed by atoms with Crippen LogP contribution in [-0.4, -0.2) is 24.3 Å². The molecule has 0 aromatic carbocycles. The van der Waals surface area contributed by atoms with Crippen molar-refractivity contribution < 1.29 is 4.74 Å². The fourth-order valence-corrected chi connectivity index (χ4v) is 3.63. The SMILES string of the molecule is CCCNC(C)CCCC1CCC2(CCCC2)O1. The van der Waals surface area contributed by atoms with Crippen LogP contribution in [0, 0.1) is 0 Å². The summed E-state index contributed by atoms with van der Waals surface area (Å²) in [6, 6.07) is 0.673. The minimum atomic E-state index is 0.330. The van der Waals surface area contributed by atoms with E-state index >= 15 is 0 Å². The van der Waals surface area contributed by atoms with Crippen LogP contribution in [0.1, 0.15) is 78.1 Å². The molecule has 2 nitrogen and oxygen atoms in total. The van der Waals surface area contributed by atoms with Crippen LogP contribution in [0.15, 0.2) is 0 Å². The van der Waals surface area contributed by atoms with E-state index in [9.17, 15) is 0 Å². The zero-order valence-corrected chi connectivity index (χ0v) is 12.3. The molecule has 1 aliphatic carbocycles. The Kier molecular flexibility index (Phi) is 5.50. The third kappa shape index (κ3) is 3.96. The second-order valence-electron chi connectivity index (χ2n) is 6.45. The molecule has 2 unspecified atom stereocenters. The molecule has 2 fully saturated rings. The van der Waals surface area contributed by atoms with Crippen LogP contribution in [0.5, 0.6) is 0 Å². The predicted molar refractivity (Wildman–Crippen MR) is 76.9 cm³/mol. The first-order chi connectivity index (χ1) is 8.74. The highest BCUT2D eigenvalue weighted by Crippen LogP contribution is 2.44. The molecular weight excluding hydrogens is 222 g/mol. The molecule has 1 aliphatic heterocycles. The van der Waals surface area contributed by atoms with E-state index in [-0.39, 0.29) is 0 Å². The van der Waals surface area contributed by atoms with Gasteiger partial charge >= 0.3 is 0 Å². The summed E-state index contributed by atoms with van der Waals surface area (Å²) in [5.41, 5.74) is 0.330. The normalized spacial score (nSPS) is 28.0. The van der Waals surface area contributed by atoms with Crippen molar-refractivity contribution in [3.63, 3.8) is 0 Å². The molecule has 2 aliphatic rings. The Bertz CT molecular complexity index is 235. The smallest absolute Gasteiger partial charge is 0.0687 e. The third-order valence-corrected chi connectivity index (χ3v) is 4.76. The third-order valence-electron chi connectivity index (χ3n) is 4.76. The largest absolute Gasteiger partial charge is 0.372 e. The fourth-order valence-electron chi connectivity index (χ4n) is 3.63. The summed E-state index contributed by atoms with van der Waals surface area (Å²) in [6.45, 7) is 5.70. The van der Waals surface area contributed by atoms with Crippen molar-refractivity contribution in [2.24, 2.45) is 0 Å². The lowest BCUT2D eigenvalue weighted by molar-refractivity contribution is -0.0396. The Morgan fingerprint density at radius 1 is 1.28 bits per heavy atom. The summed E-state index contributed by atoms with van der Waals surface area (Å²) >= 11 is 0. The molecular formula is C16H31NO. The molecule has 0 aromatic rings. The van der Waals surface area contributed by atoms with E-state index in [0.717, 1.165) is 6.54 Å². The molecule has 1 saturated carbocycles. The molecule has 1 heterocycles. The molecule has 1 spiro atoms. The van der Waals surface area contributed by atoms with Gasteiger partial charge in [0.15, 0.2) is 0 Å². The van der Waals surface area contributed by atoms with E-state index in [1.54, 1.807) is 0 Å². The monoisotopic (exact) mass is 253 g/mol. The van der Waals surface area contributed by atoms with E-state index in [2.05, 4.69) is 19.2 Å². The maximum atomic E-state index is 6.35. The molecule has 0 bridgehead atoms. The standard InChI is InChI=1S/C16H31NO/c1-3-13-17-14(2)7-6-8-15-9-12-16(18-15)10-4-5-11-16/h14-15,17H,3-13H2,1-2H3. The van der Waals surface area contributed by atoms with Crippen LogP contribution in [0.3, 0.4) is 0 Å². The van der Waals surface area contributed by atoms with Crippen molar-refractivity contribution in [3.8, 4) is 0 Å². The van der Waals surface area contributed by atoms with Crippen molar-refractivity contribution in [3.05, 3.63) is 0 Å². The highest BCUT2D eigenvalue weighted by atomic mass is 16.5. The maximum Gasteiger partial charge on any atom is 0.0687 e. The van der Waals surface area contributed by atoms with Crippen molar-refractivity contribution in [1.82, 2.24) is 5.32 Å². The first kappa shape index (κ1) is 14.3. The van der Waals surface area contributed by atoms with Crippen LogP contribution in [0.2, 0.25) is 0 Å². The lowest BCUT2D eigenvalue weighted by Crippen LogP contribution is -2.27. The zero-order valence-electron chi connectivity index (χ0n) is 12.3. The highest BCUT2D eigenvalue weighted by molar-refractivity contribution is 4.92. The Hall–Kier alpha value is -0.0800. The highest BCUT2D eigenvalue weighted by Gasteiger charge is 2.41. The summed E-state index contributed by atoms with van der Waals surface area (Å²) in [4.78, 5) is 0. The summed E-state index contributed by atoms with van der Waals surface area (Å²) in [5.74, 6) is 0. The molecule has 1 N–H and O–H groups in total. The van der Waals surface area contributed by atoms with Gasteiger partial charge in [0, 0.05) is 6.04 Å². The second-order valence-corrected chi connectivity index (χ2v) is 6.45. The van der Waals surface area contributed by atoms with Gasteiger partial charge in [0.1, 0.15) is 0 Å². The fraction of sp³-hybridized carbons (Fsp3) is 1.00. The zero-order chi connectivity index (χ0) is 12.8. The summed E-state index contributed by atoms with van der Waals surface area (Å²) < 4.78 is 6.35. The van der Waals surface area contributed by atoms with Gasteiger partial charge in [0.05, 0.1) is 11.7 Å². The van der Waals surface area contributed by atoms with Gasteiger partial charge in [0.25, 0.3) is 0 Å². The summed E-state index contributed by atoms with van der Waals surface area (Å²) in [7, 11) is 0. The molecule has 2 atom stereocenters. The molecule has 0 amide bonds.